The van der Waals surface area contributed by atoms with Gasteiger partial charge >= 0.3 is 5.97 Å². The number of esters is 1. The number of fused-ring (bicyclic) bond motifs is 1. The zero-order valence-electron chi connectivity index (χ0n) is 22.9. The van der Waals surface area contributed by atoms with Gasteiger partial charge in [0.25, 0.3) is 0 Å². The molecule has 0 radical (unpaired) electrons. The summed E-state index contributed by atoms with van der Waals surface area (Å²) in [6, 6.07) is 32.3. The van der Waals surface area contributed by atoms with Gasteiger partial charge in [0.2, 0.25) is 5.88 Å². The summed E-state index contributed by atoms with van der Waals surface area (Å²) in [5.41, 5.74) is 10.3. The fourth-order valence-electron chi connectivity index (χ4n) is 4.59. The van der Waals surface area contributed by atoms with E-state index in [0.717, 1.165) is 23.1 Å². The van der Waals surface area contributed by atoms with Crippen LogP contribution in [-0.2, 0) is 17.8 Å². The summed E-state index contributed by atoms with van der Waals surface area (Å²) in [7, 11) is 0. The molecular formula is C34H30N2O5. The van der Waals surface area contributed by atoms with Crippen molar-refractivity contribution in [1.82, 2.24) is 0 Å². The predicted octanol–water partition coefficient (Wildman–Crippen LogP) is 6.42. The van der Waals surface area contributed by atoms with Gasteiger partial charge in [-0.25, -0.2) is 4.79 Å². The van der Waals surface area contributed by atoms with Gasteiger partial charge in [0.15, 0.2) is 6.10 Å². The lowest BCUT2D eigenvalue weighted by Crippen LogP contribution is -2.28. The van der Waals surface area contributed by atoms with Crippen molar-refractivity contribution in [1.29, 1.82) is 5.26 Å². The zero-order valence-corrected chi connectivity index (χ0v) is 22.9. The van der Waals surface area contributed by atoms with Gasteiger partial charge in [-0.2, -0.15) is 5.26 Å². The minimum Gasteiger partial charge on any atom is -0.489 e. The molecule has 0 bridgehead atoms. The third-order valence-electron chi connectivity index (χ3n) is 6.85. The topological polar surface area (TPSA) is 104 Å². The van der Waals surface area contributed by atoms with E-state index in [-0.39, 0.29) is 11.6 Å². The highest BCUT2D eigenvalue weighted by Crippen LogP contribution is 2.43. The van der Waals surface area contributed by atoms with Gasteiger partial charge in [0.05, 0.1) is 5.92 Å². The molecule has 206 valence electrons. The predicted molar refractivity (Wildman–Crippen MR) is 155 cm³/mol. The summed E-state index contributed by atoms with van der Waals surface area (Å²) >= 11 is 0. The first-order valence-electron chi connectivity index (χ1n) is 13.4. The van der Waals surface area contributed by atoms with E-state index >= 15 is 0 Å². The Hall–Kier alpha value is -5.22. The van der Waals surface area contributed by atoms with Crippen LogP contribution >= 0.6 is 0 Å². The van der Waals surface area contributed by atoms with Gasteiger partial charge in [-0.1, -0.05) is 67.6 Å². The van der Waals surface area contributed by atoms with E-state index in [1.165, 1.54) is 5.56 Å². The van der Waals surface area contributed by atoms with Crippen molar-refractivity contribution in [3.8, 4) is 29.1 Å². The molecule has 1 heterocycles. The maximum Gasteiger partial charge on any atom is 0.352 e. The Morgan fingerprint density at radius 3 is 2.29 bits per heavy atom. The summed E-state index contributed by atoms with van der Waals surface area (Å²) < 4.78 is 23.0. The Labute approximate surface area is 239 Å². The Bertz CT molecular complexity index is 1590. The van der Waals surface area contributed by atoms with Crippen molar-refractivity contribution in [2.24, 2.45) is 5.73 Å². The summed E-state index contributed by atoms with van der Waals surface area (Å²) in [4.78, 5) is 12.8. The number of nitrogens with zero attached hydrogens (tertiary/aromatic N) is 1. The zero-order chi connectivity index (χ0) is 28.8. The van der Waals surface area contributed by atoms with Crippen LogP contribution in [0.15, 0.2) is 109 Å². The van der Waals surface area contributed by atoms with E-state index in [4.69, 9.17) is 24.7 Å². The SMILES string of the molecule is CCc1ccc(OC(C)C(=O)Oc2ccc3c(c2)OC(N)=C(C#N)C3c2ccc(OCc3ccccc3)cc2)cc1. The highest BCUT2D eigenvalue weighted by molar-refractivity contribution is 5.77. The van der Waals surface area contributed by atoms with E-state index in [0.29, 0.717) is 29.4 Å². The van der Waals surface area contributed by atoms with E-state index < -0.39 is 18.0 Å². The number of benzene rings is 4. The average molecular weight is 547 g/mol. The minimum absolute atomic E-state index is 0.00473. The Morgan fingerprint density at radius 1 is 0.927 bits per heavy atom. The second-order valence-electron chi connectivity index (χ2n) is 9.65. The lowest BCUT2D eigenvalue weighted by molar-refractivity contribution is -0.141. The molecule has 0 fully saturated rings. The van der Waals surface area contributed by atoms with Crippen LogP contribution in [0.2, 0.25) is 0 Å². The van der Waals surface area contributed by atoms with Gasteiger partial charge in [-0.3, -0.25) is 0 Å². The molecule has 0 aromatic heterocycles. The molecule has 0 amide bonds. The van der Waals surface area contributed by atoms with Crippen LogP contribution < -0.4 is 24.7 Å². The van der Waals surface area contributed by atoms with Crippen molar-refractivity contribution < 1.29 is 23.7 Å². The third kappa shape index (κ3) is 6.34. The number of carbonyl (C=O) groups excluding carboxylic acids is 1. The second kappa shape index (κ2) is 12.3. The first-order chi connectivity index (χ1) is 19.9. The van der Waals surface area contributed by atoms with Crippen LogP contribution in [-0.4, -0.2) is 12.1 Å². The van der Waals surface area contributed by atoms with Crippen LogP contribution in [0.5, 0.6) is 23.0 Å². The summed E-state index contributed by atoms with van der Waals surface area (Å²) in [6.07, 6.45) is 0.0911. The first kappa shape index (κ1) is 27.4. The Kier molecular flexibility index (Phi) is 8.21. The monoisotopic (exact) mass is 546 g/mol. The maximum atomic E-state index is 12.8. The number of nitrogens with two attached hydrogens (primary N) is 1. The molecule has 7 heteroatoms. The minimum atomic E-state index is -0.829. The molecule has 41 heavy (non-hydrogen) atoms. The van der Waals surface area contributed by atoms with Crippen molar-refractivity contribution in [3.05, 3.63) is 131 Å². The summed E-state index contributed by atoms with van der Waals surface area (Å²) in [5, 5.41) is 9.89. The number of carbonyl (C=O) groups is 1. The highest BCUT2D eigenvalue weighted by atomic mass is 16.6. The van der Waals surface area contributed by atoms with Crippen LogP contribution in [0.4, 0.5) is 0 Å². The molecule has 0 saturated heterocycles. The quantitative estimate of drug-likeness (QED) is 0.191. The van der Waals surface area contributed by atoms with Crippen molar-refractivity contribution >= 4 is 5.97 Å². The fraction of sp³-hybridized carbons (Fsp3) is 0.176. The van der Waals surface area contributed by atoms with Crippen molar-refractivity contribution in [2.45, 2.75) is 38.9 Å². The highest BCUT2D eigenvalue weighted by Gasteiger charge is 2.31. The Balaban J connectivity index is 1.31. The molecule has 0 aliphatic carbocycles. The van der Waals surface area contributed by atoms with Gasteiger partial charge in [-0.15, -0.1) is 0 Å². The van der Waals surface area contributed by atoms with Gasteiger partial charge in [0.1, 0.15) is 41.2 Å². The molecule has 2 N–H and O–H groups in total. The van der Waals surface area contributed by atoms with E-state index in [9.17, 15) is 10.1 Å². The lowest BCUT2D eigenvalue weighted by atomic mass is 9.83. The summed E-state index contributed by atoms with van der Waals surface area (Å²) in [5.74, 6) is 0.980. The second-order valence-corrected chi connectivity index (χ2v) is 9.65. The molecule has 4 aromatic carbocycles. The van der Waals surface area contributed by atoms with E-state index in [2.05, 4.69) is 13.0 Å². The molecular weight excluding hydrogens is 516 g/mol. The molecule has 0 saturated carbocycles. The largest absolute Gasteiger partial charge is 0.489 e. The van der Waals surface area contributed by atoms with Gasteiger partial charge in [-0.05, 0) is 60.4 Å². The van der Waals surface area contributed by atoms with Crippen molar-refractivity contribution in [2.75, 3.05) is 0 Å². The lowest BCUT2D eigenvalue weighted by Gasteiger charge is -2.27. The van der Waals surface area contributed by atoms with Crippen LogP contribution in [0.1, 0.15) is 42.0 Å². The number of rotatable bonds is 9. The van der Waals surface area contributed by atoms with E-state index in [1.54, 1.807) is 25.1 Å². The average Bonchev–Trinajstić information content (AvgIpc) is 3.00. The van der Waals surface area contributed by atoms with Crippen LogP contribution in [0, 0.1) is 11.3 Å². The molecule has 7 nitrogen and oxygen atoms in total. The number of allylic oxidation sites excluding steroid dienone is 1. The number of hydrogen-bond acceptors (Lipinski definition) is 7. The smallest absolute Gasteiger partial charge is 0.352 e. The van der Waals surface area contributed by atoms with E-state index in [1.807, 2.05) is 78.9 Å². The molecule has 5 rings (SSSR count). The standard InChI is InChI=1S/C34H30N2O5/c1-3-23-9-13-27(14-10-23)39-22(2)34(37)40-28-17-18-29-31(19-28)41-33(36)30(20-35)32(29)25-11-15-26(16-12-25)38-21-24-7-5-4-6-8-24/h4-19,22,32H,3,21,36H2,1-2H3. The number of nitriles is 1. The number of hydrogen-bond donors (Lipinski definition) is 1. The fourth-order valence-corrected chi connectivity index (χ4v) is 4.59. The Morgan fingerprint density at radius 2 is 1.61 bits per heavy atom. The molecule has 0 spiro atoms. The molecule has 1 aliphatic rings. The summed E-state index contributed by atoms with van der Waals surface area (Å²) in [6.45, 7) is 4.16. The molecule has 2 unspecified atom stereocenters. The third-order valence-corrected chi connectivity index (χ3v) is 6.85. The molecule has 2 atom stereocenters. The van der Waals surface area contributed by atoms with Gasteiger partial charge in [0, 0.05) is 11.6 Å². The molecule has 4 aromatic rings. The van der Waals surface area contributed by atoms with Crippen LogP contribution in [0.3, 0.4) is 0 Å². The maximum absolute atomic E-state index is 12.8. The van der Waals surface area contributed by atoms with Crippen LogP contribution in [0.25, 0.3) is 0 Å². The first-order valence-corrected chi connectivity index (χ1v) is 13.4. The van der Waals surface area contributed by atoms with Gasteiger partial charge < -0.3 is 24.7 Å². The molecule has 1 aliphatic heterocycles. The van der Waals surface area contributed by atoms with Crippen molar-refractivity contribution in [3.63, 3.8) is 0 Å². The number of aryl methyl sites for hydroxylation is 1. The number of ether oxygens (including phenoxy) is 4. The normalized spacial score (nSPS) is 14.7.